The fourth-order valence-corrected chi connectivity index (χ4v) is 0.971. The van der Waals surface area contributed by atoms with E-state index in [4.69, 9.17) is 5.73 Å². The van der Waals surface area contributed by atoms with Crippen LogP contribution in [0.2, 0.25) is 0 Å². The average Bonchev–Trinajstić information content (AvgIpc) is 2.45. The predicted molar refractivity (Wildman–Crippen MR) is 50.7 cm³/mol. The van der Waals surface area contributed by atoms with Gasteiger partial charge < -0.3 is 5.73 Å². The third-order valence-corrected chi connectivity index (χ3v) is 1.59. The Balaban J connectivity index is 2.36. The van der Waals surface area contributed by atoms with Crippen LogP contribution < -0.4 is 5.73 Å². The maximum Gasteiger partial charge on any atom is 0.217 e. The van der Waals surface area contributed by atoms with E-state index in [0.717, 1.165) is 5.56 Å². The summed E-state index contributed by atoms with van der Waals surface area (Å²) in [6, 6.07) is 0. The molecule has 0 radical (unpaired) electrons. The zero-order chi connectivity index (χ0) is 9.68. The normalized spacial score (nSPS) is 10.8. The van der Waals surface area contributed by atoms with Gasteiger partial charge in [-0.15, -0.1) is 0 Å². The van der Waals surface area contributed by atoms with E-state index in [1.807, 2.05) is 25.4 Å². The first-order valence-electron chi connectivity index (χ1n) is 4.12. The summed E-state index contributed by atoms with van der Waals surface area (Å²) in [5.41, 5.74) is 6.02. The molecule has 1 aromatic heterocycles. The Bertz CT molecular complexity index is 314. The van der Waals surface area contributed by atoms with E-state index in [-0.39, 0.29) is 5.91 Å². The maximum absolute atomic E-state index is 10.4. The largest absolute Gasteiger partial charge is 0.370 e. The van der Waals surface area contributed by atoms with Crippen molar-refractivity contribution in [2.24, 2.45) is 12.8 Å². The first-order chi connectivity index (χ1) is 6.18. The standard InChI is InChI=1S/C9H13N3O/c1-12-7-8(6-11-12)4-2-3-5-9(10)13/h2,4,6-7H,3,5H2,1H3,(H2,10,13)/b4-2+. The van der Waals surface area contributed by atoms with Crippen molar-refractivity contribution >= 4 is 12.0 Å². The summed E-state index contributed by atoms with van der Waals surface area (Å²) >= 11 is 0. The molecule has 4 heteroatoms. The Kier molecular flexibility index (Phi) is 3.25. The highest BCUT2D eigenvalue weighted by Crippen LogP contribution is 2.01. The number of nitrogens with two attached hydrogens (primary N) is 1. The van der Waals surface area contributed by atoms with Crippen molar-refractivity contribution in [3.63, 3.8) is 0 Å². The Hall–Kier alpha value is -1.58. The molecule has 0 aliphatic carbocycles. The van der Waals surface area contributed by atoms with Gasteiger partial charge in [0.15, 0.2) is 0 Å². The van der Waals surface area contributed by atoms with E-state index in [2.05, 4.69) is 5.10 Å². The van der Waals surface area contributed by atoms with Crippen LogP contribution in [0.25, 0.3) is 6.08 Å². The van der Waals surface area contributed by atoms with Gasteiger partial charge in [0.05, 0.1) is 6.20 Å². The van der Waals surface area contributed by atoms with Gasteiger partial charge in [-0.1, -0.05) is 12.2 Å². The summed E-state index contributed by atoms with van der Waals surface area (Å²) in [5, 5.41) is 4.00. The molecule has 4 nitrogen and oxygen atoms in total. The van der Waals surface area contributed by atoms with Gasteiger partial charge >= 0.3 is 0 Å². The highest BCUT2D eigenvalue weighted by molar-refractivity contribution is 5.73. The molecule has 0 saturated heterocycles. The molecule has 13 heavy (non-hydrogen) atoms. The minimum atomic E-state index is -0.268. The zero-order valence-electron chi connectivity index (χ0n) is 7.60. The lowest BCUT2D eigenvalue weighted by molar-refractivity contribution is -0.117. The van der Waals surface area contributed by atoms with Crippen LogP contribution in [0.1, 0.15) is 18.4 Å². The zero-order valence-corrected chi connectivity index (χ0v) is 7.60. The first kappa shape index (κ1) is 9.51. The van der Waals surface area contributed by atoms with Crippen LogP contribution in [0.4, 0.5) is 0 Å². The third-order valence-electron chi connectivity index (χ3n) is 1.59. The predicted octanol–water partition coefficient (Wildman–Crippen LogP) is 0.699. The summed E-state index contributed by atoms with van der Waals surface area (Å²) in [6.07, 6.45) is 8.60. The van der Waals surface area contributed by atoms with E-state index >= 15 is 0 Å². The van der Waals surface area contributed by atoms with Gasteiger partial charge in [-0.2, -0.15) is 5.10 Å². The number of allylic oxidation sites excluding steroid dienone is 1. The second-order valence-electron chi connectivity index (χ2n) is 2.85. The smallest absolute Gasteiger partial charge is 0.217 e. The highest BCUT2D eigenvalue weighted by Gasteiger charge is 1.91. The van der Waals surface area contributed by atoms with E-state index in [9.17, 15) is 4.79 Å². The fourth-order valence-electron chi connectivity index (χ4n) is 0.971. The van der Waals surface area contributed by atoms with Crippen molar-refractivity contribution in [2.75, 3.05) is 0 Å². The third kappa shape index (κ3) is 3.55. The number of rotatable bonds is 4. The molecule has 0 aromatic carbocycles. The number of aromatic nitrogens is 2. The Labute approximate surface area is 77.0 Å². The molecule has 0 spiro atoms. The van der Waals surface area contributed by atoms with Gasteiger partial charge in [-0.25, -0.2) is 0 Å². The lowest BCUT2D eigenvalue weighted by atomic mass is 10.2. The molecule has 0 aliphatic rings. The molecule has 1 amide bonds. The Morgan fingerprint density at radius 1 is 1.77 bits per heavy atom. The van der Waals surface area contributed by atoms with Gasteiger partial charge in [-0.05, 0) is 6.42 Å². The molecular weight excluding hydrogens is 166 g/mol. The number of amides is 1. The fraction of sp³-hybridized carbons (Fsp3) is 0.333. The number of carbonyl (C=O) groups is 1. The molecule has 1 rings (SSSR count). The van der Waals surface area contributed by atoms with Crippen LogP contribution >= 0.6 is 0 Å². The van der Waals surface area contributed by atoms with Crippen LogP contribution in [-0.4, -0.2) is 15.7 Å². The molecule has 0 aliphatic heterocycles. The lowest BCUT2D eigenvalue weighted by Crippen LogP contribution is -2.08. The first-order valence-corrected chi connectivity index (χ1v) is 4.12. The molecule has 0 unspecified atom stereocenters. The number of hydrogen-bond acceptors (Lipinski definition) is 2. The maximum atomic E-state index is 10.4. The summed E-state index contributed by atoms with van der Waals surface area (Å²) in [5.74, 6) is -0.268. The molecular formula is C9H13N3O. The topological polar surface area (TPSA) is 60.9 Å². The average molecular weight is 179 g/mol. The number of primary amides is 1. The van der Waals surface area contributed by atoms with E-state index in [1.54, 1.807) is 10.9 Å². The SMILES string of the molecule is Cn1cc(/C=C/CCC(N)=O)cn1. The van der Waals surface area contributed by atoms with Gasteiger partial charge in [0.2, 0.25) is 5.91 Å². The van der Waals surface area contributed by atoms with Gasteiger partial charge in [0.25, 0.3) is 0 Å². The van der Waals surface area contributed by atoms with Crippen LogP contribution in [0.3, 0.4) is 0 Å². The number of carbonyl (C=O) groups excluding carboxylic acids is 1. The molecule has 70 valence electrons. The van der Waals surface area contributed by atoms with Gasteiger partial charge in [0, 0.05) is 25.2 Å². The monoisotopic (exact) mass is 179 g/mol. The second kappa shape index (κ2) is 4.45. The number of nitrogens with zero attached hydrogens (tertiary/aromatic N) is 2. The summed E-state index contributed by atoms with van der Waals surface area (Å²) in [4.78, 5) is 10.4. The molecule has 1 aromatic rings. The Morgan fingerprint density at radius 3 is 3.08 bits per heavy atom. The highest BCUT2D eigenvalue weighted by atomic mass is 16.1. The van der Waals surface area contributed by atoms with Crippen molar-refractivity contribution in [3.05, 3.63) is 24.0 Å². The minimum absolute atomic E-state index is 0.268. The van der Waals surface area contributed by atoms with E-state index in [0.29, 0.717) is 12.8 Å². The van der Waals surface area contributed by atoms with Crippen LogP contribution in [0.15, 0.2) is 18.5 Å². The lowest BCUT2D eigenvalue weighted by Gasteiger charge is -1.87. The van der Waals surface area contributed by atoms with Crippen molar-refractivity contribution in [1.29, 1.82) is 0 Å². The second-order valence-corrected chi connectivity index (χ2v) is 2.85. The quantitative estimate of drug-likeness (QED) is 0.739. The summed E-state index contributed by atoms with van der Waals surface area (Å²) < 4.78 is 1.73. The van der Waals surface area contributed by atoms with Crippen LogP contribution in [0.5, 0.6) is 0 Å². The van der Waals surface area contributed by atoms with Gasteiger partial charge in [-0.3, -0.25) is 9.48 Å². The molecule has 0 fully saturated rings. The van der Waals surface area contributed by atoms with Crippen molar-refractivity contribution in [2.45, 2.75) is 12.8 Å². The van der Waals surface area contributed by atoms with Crippen LogP contribution in [-0.2, 0) is 11.8 Å². The van der Waals surface area contributed by atoms with Gasteiger partial charge in [0.1, 0.15) is 0 Å². The summed E-state index contributed by atoms with van der Waals surface area (Å²) in [6.45, 7) is 0. The summed E-state index contributed by atoms with van der Waals surface area (Å²) in [7, 11) is 1.86. The molecule has 0 bridgehead atoms. The van der Waals surface area contributed by atoms with E-state index < -0.39 is 0 Å². The van der Waals surface area contributed by atoms with Crippen molar-refractivity contribution in [3.8, 4) is 0 Å². The number of aryl methyl sites for hydroxylation is 1. The molecule has 0 atom stereocenters. The van der Waals surface area contributed by atoms with Crippen LogP contribution in [0, 0.1) is 0 Å². The molecule has 1 heterocycles. The molecule has 2 N–H and O–H groups in total. The molecule has 0 saturated carbocycles. The van der Waals surface area contributed by atoms with E-state index in [1.165, 1.54) is 0 Å². The van der Waals surface area contributed by atoms with Crippen molar-refractivity contribution < 1.29 is 4.79 Å². The van der Waals surface area contributed by atoms with Crippen molar-refractivity contribution in [1.82, 2.24) is 9.78 Å². The number of hydrogen-bond donors (Lipinski definition) is 1. The minimum Gasteiger partial charge on any atom is -0.370 e. The Morgan fingerprint density at radius 2 is 2.54 bits per heavy atom.